The van der Waals surface area contributed by atoms with Crippen molar-refractivity contribution in [1.29, 1.82) is 0 Å². The van der Waals surface area contributed by atoms with Gasteiger partial charge in [-0.05, 0) is 30.4 Å². The standard InChI is InChI=1S/C13H19NO2/c15-9-12-6-7-13(14-8-12)16-10-11-4-2-1-3-5-11/h6-8,11,15H,1-5,9-10H2. The molecule has 1 aliphatic carbocycles. The third-order valence-electron chi connectivity index (χ3n) is 3.17. The molecule has 0 spiro atoms. The molecular weight excluding hydrogens is 202 g/mol. The minimum Gasteiger partial charge on any atom is -0.477 e. The van der Waals surface area contributed by atoms with Gasteiger partial charge in [-0.25, -0.2) is 4.98 Å². The van der Waals surface area contributed by atoms with E-state index < -0.39 is 0 Å². The van der Waals surface area contributed by atoms with Gasteiger partial charge >= 0.3 is 0 Å². The molecule has 0 aliphatic heterocycles. The lowest BCUT2D eigenvalue weighted by Gasteiger charge is -2.21. The molecule has 1 aliphatic rings. The van der Waals surface area contributed by atoms with Crippen LogP contribution in [0.15, 0.2) is 18.3 Å². The fourth-order valence-electron chi connectivity index (χ4n) is 2.15. The molecule has 16 heavy (non-hydrogen) atoms. The first-order valence-corrected chi connectivity index (χ1v) is 6.07. The van der Waals surface area contributed by atoms with E-state index in [1.807, 2.05) is 12.1 Å². The molecule has 1 fully saturated rings. The predicted octanol–water partition coefficient (Wildman–Crippen LogP) is 2.53. The van der Waals surface area contributed by atoms with E-state index in [4.69, 9.17) is 9.84 Å². The summed E-state index contributed by atoms with van der Waals surface area (Å²) in [4.78, 5) is 4.15. The number of aliphatic hydroxyl groups excluding tert-OH is 1. The first-order chi connectivity index (χ1) is 7.88. The average molecular weight is 221 g/mol. The zero-order chi connectivity index (χ0) is 11.2. The Morgan fingerprint density at radius 3 is 2.69 bits per heavy atom. The molecule has 0 saturated heterocycles. The summed E-state index contributed by atoms with van der Waals surface area (Å²) >= 11 is 0. The second kappa shape index (κ2) is 5.85. The molecule has 1 aromatic rings. The molecule has 1 heterocycles. The van der Waals surface area contributed by atoms with Crippen LogP contribution in [0, 0.1) is 5.92 Å². The Balaban J connectivity index is 1.79. The molecule has 1 saturated carbocycles. The van der Waals surface area contributed by atoms with Crippen LogP contribution in [0.5, 0.6) is 5.88 Å². The van der Waals surface area contributed by atoms with Crippen molar-refractivity contribution in [2.75, 3.05) is 6.61 Å². The summed E-state index contributed by atoms with van der Waals surface area (Å²) in [6, 6.07) is 3.68. The Kier molecular flexibility index (Phi) is 4.17. The topological polar surface area (TPSA) is 42.4 Å². The first kappa shape index (κ1) is 11.4. The van der Waals surface area contributed by atoms with Crippen molar-refractivity contribution in [1.82, 2.24) is 4.98 Å². The second-order valence-electron chi connectivity index (χ2n) is 4.48. The normalized spacial score (nSPS) is 17.3. The van der Waals surface area contributed by atoms with Gasteiger partial charge in [-0.2, -0.15) is 0 Å². The van der Waals surface area contributed by atoms with E-state index in [-0.39, 0.29) is 6.61 Å². The van der Waals surface area contributed by atoms with Crippen LogP contribution in [0.1, 0.15) is 37.7 Å². The highest BCUT2D eigenvalue weighted by atomic mass is 16.5. The monoisotopic (exact) mass is 221 g/mol. The fourth-order valence-corrected chi connectivity index (χ4v) is 2.15. The van der Waals surface area contributed by atoms with E-state index in [0.29, 0.717) is 11.8 Å². The second-order valence-corrected chi connectivity index (χ2v) is 4.48. The van der Waals surface area contributed by atoms with Gasteiger partial charge in [0, 0.05) is 12.3 Å². The quantitative estimate of drug-likeness (QED) is 0.849. The van der Waals surface area contributed by atoms with Crippen molar-refractivity contribution >= 4 is 0 Å². The van der Waals surface area contributed by atoms with Crippen LogP contribution >= 0.6 is 0 Å². The summed E-state index contributed by atoms with van der Waals surface area (Å²) in [6.07, 6.45) is 8.29. The minimum atomic E-state index is 0.0376. The van der Waals surface area contributed by atoms with Crippen LogP contribution in [0.3, 0.4) is 0 Å². The van der Waals surface area contributed by atoms with Crippen LogP contribution in [-0.2, 0) is 6.61 Å². The summed E-state index contributed by atoms with van der Waals surface area (Å²) in [5.41, 5.74) is 0.824. The first-order valence-electron chi connectivity index (χ1n) is 6.07. The van der Waals surface area contributed by atoms with Crippen LogP contribution in [0.25, 0.3) is 0 Å². The zero-order valence-corrected chi connectivity index (χ0v) is 9.56. The van der Waals surface area contributed by atoms with E-state index in [1.54, 1.807) is 6.20 Å². The molecule has 3 nitrogen and oxygen atoms in total. The highest BCUT2D eigenvalue weighted by molar-refractivity contribution is 5.16. The van der Waals surface area contributed by atoms with E-state index in [9.17, 15) is 0 Å². The number of hydrogen-bond donors (Lipinski definition) is 1. The maximum atomic E-state index is 8.88. The number of aliphatic hydroxyl groups is 1. The molecule has 0 radical (unpaired) electrons. The van der Waals surface area contributed by atoms with Gasteiger partial charge in [0.2, 0.25) is 5.88 Å². The van der Waals surface area contributed by atoms with Crippen LogP contribution in [0.4, 0.5) is 0 Å². The molecule has 1 aromatic heterocycles. The van der Waals surface area contributed by atoms with Crippen molar-refractivity contribution in [3.63, 3.8) is 0 Å². The van der Waals surface area contributed by atoms with Crippen molar-refractivity contribution < 1.29 is 9.84 Å². The van der Waals surface area contributed by atoms with Gasteiger partial charge in [-0.1, -0.05) is 19.3 Å². The summed E-state index contributed by atoms with van der Waals surface area (Å²) in [7, 11) is 0. The maximum absolute atomic E-state index is 8.88. The molecule has 1 N–H and O–H groups in total. The number of rotatable bonds is 4. The number of nitrogens with zero attached hydrogens (tertiary/aromatic N) is 1. The minimum absolute atomic E-state index is 0.0376. The van der Waals surface area contributed by atoms with Crippen molar-refractivity contribution in [3.05, 3.63) is 23.9 Å². The SMILES string of the molecule is OCc1ccc(OCC2CCCCC2)nc1. The van der Waals surface area contributed by atoms with Gasteiger partial charge in [-0.3, -0.25) is 0 Å². The number of aromatic nitrogens is 1. The zero-order valence-electron chi connectivity index (χ0n) is 9.56. The van der Waals surface area contributed by atoms with Crippen LogP contribution in [-0.4, -0.2) is 16.7 Å². The Morgan fingerprint density at radius 1 is 1.25 bits per heavy atom. The van der Waals surface area contributed by atoms with Gasteiger partial charge in [0.25, 0.3) is 0 Å². The molecule has 0 aromatic carbocycles. The van der Waals surface area contributed by atoms with E-state index in [2.05, 4.69) is 4.98 Å². The largest absolute Gasteiger partial charge is 0.477 e. The number of pyridine rings is 1. The average Bonchev–Trinajstić information content (AvgIpc) is 2.38. The lowest BCUT2D eigenvalue weighted by atomic mass is 9.90. The highest BCUT2D eigenvalue weighted by Gasteiger charge is 2.13. The number of hydrogen-bond acceptors (Lipinski definition) is 3. The lowest BCUT2D eigenvalue weighted by molar-refractivity contribution is 0.202. The lowest BCUT2D eigenvalue weighted by Crippen LogP contribution is -2.15. The molecule has 2 rings (SSSR count). The number of ether oxygens (including phenoxy) is 1. The smallest absolute Gasteiger partial charge is 0.213 e. The predicted molar refractivity (Wildman–Crippen MR) is 62.2 cm³/mol. The molecule has 0 bridgehead atoms. The van der Waals surface area contributed by atoms with E-state index in [1.165, 1.54) is 32.1 Å². The molecule has 88 valence electrons. The molecular formula is C13H19NO2. The highest BCUT2D eigenvalue weighted by Crippen LogP contribution is 2.24. The summed E-state index contributed by atoms with van der Waals surface area (Å²) in [5, 5.41) is 8.88. The molecule has 0 unspecified atom stereocenters. The Hall–Kier alpha value is -1.09. The van der Waals surface area contributed by atoms with Gasteiger partial charge in [0.15, 0.2) is 0 Å². The van der Waals surface area contributed by atoms with E-state index in [0.717, 1.165) is 12.2 Å². The molecule has 0 atom stereocenters. The van der Waals surface area contributed by atoms with Crippen molar-refractivity contribution in [2.45, 2.75) is 38.7 Å². The third kappa shape index (κ3) is 3.20. The third-order valence-corrected chi connectivity index (χ3v) is 3.17. The maximum Gasteiger partial charge on any atom is 0.213 e. The van der Waals surface area contributed by atoms with Crippen LogP contribution in [0.2, 0.25) is 0 Å². The van der Waals surface area contributed by atoms with Crippen molar-refractivity contribution in [3.8, 4) is 5.88 Å². The summed E-state index contributed by atoms with van der Waals surface area (Å²) in [5.74, 6) is 1.37. The molecule has 3 heteroatoms. The molecule has 0 amide bonds. The Morgan fingerprint density at radius 2 is 2.06 bits per heavy atom. The summed E-state index contributed by atoms with van der Waals surface area (Å²) in [6.45, 7) is 0.821. The Labute approximate surface area is 96.5 Å². The van der Waals surface area contributed by atoms with Crippen molar-refractivity contribution in [2.24, 2.45) is 5.92 Å². The van der Waals surface area contributed by atoms with Gasteiger partial charge in [0.05, 0.1) is 13.2 Å². The summed E-state index contributed by atoms with van der Waals surface area (Å²) < 4.78 is 5.65. The van der Waals surface area contributed by atoms with E-state index >= 15 is 0 Å². The fraction of sp³-hybridized carbons (Fsp3) is 0.615. The van der Waals surface area contributed by atoms with Gasteiger partial charge < -0.3 is 9.84 Å². The van der Waals surface area contributed by atoms with Crippen LogP contribution < -0.4 is 4.74 Å². The Bertz CT molecular complexity index is 304. The van der Waals surface area contributed by atoms with Gasteiger partial charge in [-0.15, -0.1) is 0 Å². The van der Waals surface area contributed by atoms with Gasteiger partial charge in [0.1, 0.15) is 0 Å².